The van der Waals surface area contributed by atoms with Gasteiger partial charge in [-0.1, -0.05) is 32.4 Å². The molecule has 0 aliphatic carbocycles. The first-order valence-corrected chi connectivity index (χ1v) is 13.7. The van der Waals surface area contributed by atoms with Crippen LogP contribution in [0, 0.1) is 5.92 Å². The van der Waals surface area contributed by atoms with Crippen LogP contribution in [0.3, 0.4) is 0 Å². The molecule has 1 N–H and O–H groups in total. The standard InChI is InChI=1S/C13H21N3OS.C11H17N3O2S/c1-4-10(2)9-17-13-12(14-18-15-13)11-6-5-7-16(3)8-11;1-14-5-2-4-9(8-14)10-11(13-17-12-10)16-7-3-6-15/h6,10H,4-5,7-9H2,1-3H3;4,15H,2-3,5-8H2,1H3. The number of hydrogen-bond acceptors (Lipinski definition) is 11. The van der Waals surface area contributed by atoms with E-state index in [2.05, 4.69) is 67.4 Å². The number of aliphatic hydroxyl groups excluding tert-OH is 1. The number of aromatic nitrogens is 4. The van der Waals surface area contributed by atoms with Crippen LogP contribution in [0.2, 0.25) is 0 Å². The van der Waals surface area contributed by atoms with Gasteiger partial charge in [0.25, 0.3) is 11.8 Å². The quantitative estimate of drug-likeness (QED) is 0.469. The number of likely N-dealkylation sites (N-methyl/N-ethyl adjacent to an activating group) is 2. The molecule has 11 heteroatoms. The molecule has 1 unspecified atom stereocenters. The minimum atomic E-state index is 0.137. The molecule has 0 radical (unpaired) electrons. The minimum absolute atomic E-state index is 0.137. The molecular formula is C24H38N6O3S2. The van der Waals surface area contributed by atoms with Gasteiger partial charge in [0.05, 0.1) is 36.7 Å². The van der Waals surface area contributed by atoms with Crippen LogP contribution >= 0.6 is 23.5 Å². The summed E-state index contributed by atoms with van der Waals surface area (Å²) >= 11 is 2.41. The lowest BCUT2D eigenvalue weighted by atomic mass is 10.1. The van der Waals surface area contributed by atoms with Gasteiger partial charge in [-0.15, -0.1) is 8.75 Å². The van der Waals surface area contributed by atoms with E-state index in [9.17, 15) is 0 Å². The van der Waals surface area contributed by atoms with Crippen molar-refractivity contribution in [2.75, 3.05) is 60.1 Å². The molecule has 0 bridgehead atoms. The molecule has 4 rings (SSSR count). The summed E-state index contributed by atoms with van der Waals surface area (Å²) in [5, 5.41) is 8.72. The van der Waals surface area contributed by atoms with Crippen LogP contribution in [0.4, 0.5) is 0 Å². The van der Waals surface area contributed by atoms with Crippen LogP contribution in [0.5, 0.6) is 11.8 Å². The van der Waals surface area contributed by atoms with E-state index in [1.807, 2.05) is 0 Å². The molecular weight excluding hydrogens is 484 g/mol. The van der Waals surface area contributed by atoms with E-state index < -0.39 is 0 Å². The lowest BCUT2D eigenvalue weighted by molar-refractivity contribution is 0.229. The molecule has 4 heterocycles. The minimum Gasteiger partial charge on any atom is -0.475 e. The maximum atomic E-state index is 8.72. The van der Waals surface area contributed by atoms with E-state index >= 15 is 0 Å². The summed E-state index contributed by atoms with van der Waals surface area (Å²) in [4.78, 5) is 4.55. The van der Waals surface area contributed by atoms with Crippen molar-refractivity contribution in [3.8, 4) is 11.8 Å². The third kappa shape index (κ3) is 8.60. The largest absolute Gasteiger partial charge is 0.475 e. The van der Waals surface area contributed by atoms with Crippen LogP contribution in [0.1, 0.15) is 50.9 Å². The van der Waals surface area contributed by atoms with Gasteiger partial charge in [-0.2, -0.15) is 8.75 Å². The lowest BCUT2D eigenvalue weighted by Crippen LogP contribution is -2.25. The Balaban J connectivity index is 0.000000196. The Hall–Kier alpha value is -1.92. The molecule has 2 aromatic rings. The van der Waals surface area contributed by atoms with Crippen LogP contribution < -0.4 is 9.47 Å². The molecule has 35 heavy (non-hydrogen) atoms. The van der Waals surface area contributed by atoms with Crippen molar-refractivity contribution in [2.24, 2.45) is 5.92 Å². The van der Waals surface area contributed by atoms with Gasteiger partial charge >= 0.3 is 0 Å². The summed E-state index contributed by atoms with van der Waals surface area (Å²) < 4.78 is 28.4. The normalized spacial score (nSPS) is 17.7. The molecule has 2 aromatic heterocycles. The van der Waals surface area contributed by atoms with E-state index in [1.54, 1.807) is 0 Å². The molecule has 0 aromatic carbocycles. The Morgan fingerprint density at radius 3 is 1.94 bits per heavy atom. The summed E-state index contributed by atoms with van der Waals surface area (Å²) in [7, 11) is 4.23. The molecule has 9 nitrogen and oxygen atoms in total. The van der Waals surface area contributed by atoms with Crippen molar-refractivity contribution in [2.45, 2.75) is 39.5 Å². The Morgan fingerprint density at radius 2 is 1.46 bits per heavy atom. The predicted molar refractivity (Wildman–Crippen MR) is 142 cm³/mol. The van der Waals surface area contributed by atoms with E-state index in [0.717, 1.165) is 63.4 Å². The maximum absolute atomic E-state index is 8.72. The highest BCUT2D eigenvalue weighted by atomic mass is 32.1. The van der Waals surface area contributed by atoms with Crippen molar-refractivity contribution in [1.29, 1.82) is 0 Å². The molecule has 1 atom stereocenters. The first-order valence-electron chi connectivity index (χ1n) is 12.3. The SMILES string of the molecule is CCC(C)COc1nsnc1C1=CCCN(C)C1.CN1CCC=C(c2nsnc2OCCCO)C1. The molecule has 194 valence electrons. The van der Waals surface area contributed by atoms with Gasteiger partial charge in [-0.3, -0.25) is 0 Å². The fourth-order valence-electron chi connectivity index (χ4n) is 3.65. The third-order valence-corrected chi connectivity index (χ3v) is 6.97. The molecule has 2 aliphatic rings. The fourth-order valence-corrected chi connectivity index (χ4v) is 4.71. The second-order valence-corrected chi connectivity index (χ2v) is 10.2. The van der Waals surface area contributed by atoms with E-state index in [-0.39, 0.29) is 6.61 Å². The van der Waals surface area contributed by atoms with Crippen molar-refractivity contribution < 1.29 is 14.6 Å². The van der Waals surface area contributed by atoms with Gasteiger partial charge in [-0.25, -0.2) is 0 Å². The van der Waals surface area contributed by atoms with Gasteiger partial charge in [0.1, 0.15) is 11.4 Å². The third-order valence-electron chi connectivity index (χ3n) is 5.95. The monoisotopic (exact) mass is 522 g/mol. The second kappa shape index (κ2) is 14.6. The molecule has 0 amide bonds. The van der Waals surface area contributed by atoms with Crippen molar-refractivity contribution in [3.05, 3.63) is 23.5 Å². The average molecular weight is 523 g/mol. The highest BCUT2D eigenvalue weighted by molar-refractivity contribution is 6.99. The number of aliphatic hydroxyl groups is 1. The zero-order valence-corrected chi connectivity index (χ0v) is 22.9. The Morgan fingerprint density at radius 1 is 0.914 bits per heavy atom. The van der Waals surface area contributed by atoms with Crippen LogP contribution in [0.15, 0.2) is 12.2 Å². The van der Waals surface area contributed by atoms with Gasteiger partial charge in [-0.05, 0) is 44.0 Å². The van der Waals surface area contributed by atoms with Crippen LogP contribution in [-0.4, -0.2) is 92.5 Å². The molecule has 2 aliphatic heterocycles. The van der Waals surface area contributed by atoms with Crippen molar-refractivity contribution >= 4 is 34.6 Å². The maximum Gasteiger partial charge on any atom is 0.253 e. The number of ether oxygens (including phenoxy) is 2. The topological polar surface area (TPSA) is 96.7 Å². The summed E-state index contributed by atoms with van der Waals surface area (Å²) in [5.41, 5.74) is 4.23. The Kier molecular flexibility index (Phi) is 11.5. The molecule has 0 saturated heterocycles. The smallest absolute Gasteiger partial charge is 0.253 e. The first kappa shape index (κ1) is 27.7. The highest BCUT2D eigenvalue weighted by Gasteiger charge is 2.19. The van der Waals surface area contributed by atoms with Crippen molar-refractivity contribution in [3.63, 3.8) is 0 Å². The van der Waals surface area contributed by atoms with Crippen LogP contribution in [-0.2, 0) is 0 Å². The zero-order valence-electron chi connectivity index (χ0n) is 21.3. The summed E-state index contributed by atoms with van der Waals surface area (Å²) in [6.07, 6.45) is 8.32. The highest BCUT2D eigenvalue weighted by Crippen LogP contribution is 2.28. The van der Waals surface area contributed by atoms with Gasteiger partial charge in [0.2, 0.25) is 0 Å². The summed E-state index contributed by atoms with van der Waals surface area (Å²) in [6, 6.07) is 0. The van der Waals surface area contributed by atoms with Gasteiger partial charge in [0.15, 0.2) is 0 Å². The molecule has 0 saturated carbocycles. The fraction of sp³-hybridized carbons (Fsp3) is 0.667. The number of hydrogen-bond donors (Lipinski definition) is 1. The molecule has 0 spiro atoms. The Labute approximate surface area is 217 Å². The van der Waals surface area contributed by atoms with E-state index in [0.29, 0.717) is 30.7 Å². The predicted octanol–water partition coefficient (Wildman–Crippen LogP) is 3.70. The van der Waals surface area contributed by atoms with Crippen LogP contribution in [0.25, 0.3) is 11.1 Å². The summed E-state index contributed by atoms with van der Waals surface area (Å²) in [5.74, 6) is 1.87. The number of rotatable bonds is 10. The Bertz CT molecular complexity index is 961. The number of nitrogens with zero attached hydrogens (tertiary/aromatic N) is 6. The zero-order chi connectivity index (χ0) is 25.0. The van der Waals surface area contributed by atoms with E-state index in [1.165, 1.54) is 34.6 Å². The second-order valence-electron chi connectivity index (χ2n) is 9.10. The van der Waals surface area contributed by atoms with Gasteiger partial charge in [0, 0.05) is 39.2 Å². The average Bonchev–Trinajstić information content (AvgIpc) is 3.53. The van der Waals surface area contributed by atoms with Crippen molar-refractivity contribution in [1.82, 2.24) is 27.3 Å². The van der Waals surface area contributed by atoms with Gasteiger partial charge < -0.3 is 24.4 Å². The molecule has 0 fully saturated rings. The summed E-state index contributed by atoms with van der Waals surface area (Å²) in [6.45, 7) is 9.73. The lowest BCUT2D eigenvalue weighted by Gasteiger charge is -2.22. The first-order chi connectivity index (χ1) is 17.0. The van der Waals surface area contributed by atoms with E-state index in [4.69, 9.17) is 14.6 Å².